The third-order valence-electron chi connectivity index (χ3n) is 2.71. The van der Waals surface area contributed by atoms with Crippen LogP contribution >= 0.6 is 0 Å². The first-order valence-corrected chi connectivity index (χ1v) is 6.73. The molecule has 6 heteroatoms. The van der Waals surface area contributed by atoms with Gasteiger partial charge in [-0.2, -0.15) is 0 Å². The molecule has 112 valence electrons. The lowest BCUT2D eigenvalue weighted by molar-refractivity contribution is 0.0906. The molecule has 0 radical (unpaired) electrons. The van der Waals surface area contributed by atoms with Gasteiger partial charge in [0.05, 0.1) is 18.4 Å². The molecule has 5 nitrogen and oxygen atoms in total. The van der Waals surface area contributed by atoms with Crippen LogP contribution in [0.5, 0.6) is 0 Å². The molecule has 0 saturated carbocycles. The van der Waals surface area contributed by atoms with Gasteiger partial charge in [0.25, 0.3) is 5.91 Å². The summed E-state index contributed by atoms with van der Waals surface area (Å²) in [5.41, 5.74) is 0.190. The van der Waals surface area contributed by atoms with Gasteiger partial charge in [0.15, 0.2) is 0 Å². The Balaban J connectivity index is 2.37. The van der Waals surface area contributed by atoms with E-state index in [4.69, 9.17) is 4.74 Å². The van der Waals surface area contributed by atoms with E-state index in [-0.39, 0.29) is 11.5 Å². The van der Waals surface area contributed by atoms with E-state index in [1.165, 1.54) is 0 Å². The van der Waals surface area contributed by atoms with Crippen LogP contribution in [0.25, 0.3) is 0 Å². The highest BCUT2D eigenvalue weighted by atomic mass is 19.1. The number of carbonyl (C=O) groups is 1. The first kappa shape index (κ1) is 16.4. The summed E-state index contributed by atoms with van der Waals surface area (Å²) >= 11 is 0. The summed E-state index contributed by atoms with van der Waals surface area (Å²) in [5, 5.41) is 5.44. The average Bonchev–Trinajstić information content (AvgIpc) is 2.42. The maximum Gasteiger partial charge on any atom is 0.255 e. The van der Waals surface area contributed by atoms with Crippen LogP contribution in [-0.4, -0.2) is 37.7 Å². The molecule has 1 heterocycles. The highest BCUT2D eigenvalue weighted by Gasteiger charge is 2.12. The number of amides is 1. The highest BCUT2D eigenvalue weighted by molar-refractivity contribution is 5.98. The molecule has 2 N–H and O–H groups in total. The van der Waals surface area contributed by atoms with E-state index in [1.54, 1.807) is 7.05 Å². The fourth-order valence-electron chi connectivity index (χ4n) is 1.56. The first-order valence-electron chi connectivity index (χ1n) is 6.73. The number of hydrogen-bond donors (Lipinski definition) is 2. The second kappa shape index (κ2) is 8.47. The predicted molar refractivity (Wildman–Crippen MR) is 76.3 cm³/mol. The Morgan fingerprint density at radius 2 is 2.20 bits per heavy atom. The standard InChI is InChI=1S/C14H22FN3O2/c1-10(2)4-6-20-7-5-17-14(19)12-8-11(15)9-18-13(12)16-3/h8-10H,4-7H2,1-3H3,(H,16,18)(H,17,19). The summed E-state index contributed by atoms with van der Waals surface area (Å²) in [4.78, 5) is 15.7. The van der Waals surface area contributed by atoms with Crippen molar-refractivity contribution < 1.29 is 13.9 Å². The van der Waals surface area contributed by atoms with Crippen molar-refractivity contribution in [2.45, 2.75) is 20.3 Å². The molecule has 1 amide bonds. The molecule has 0 atom stereocenters. The Hall–Kier alpha value is -1.69. The van der Waals surface area contributed by atoms with Crippen molar-refractivity contribution in [3.8, 4) is 0 Å². The average molecular weight is 283 g/mol. The third kappa shape index (κ3) is 5.52. The van der Waals surface area contributed by atoms with Gasteiger partial charge < -0.3 is 15.4 Å². The van der Waals surface area contributed by atoms with E-state index in [2.05, 4.69) is 29.5 Å². The second-order valence-corrected chi connectivity index (χ2v) is 4.85. The Morgan fingerprint density at radius 1 is 1.45 bits per heavy atom. The Bertz CT molecular complexity index is 438. The van der Waals surface area contributed by atoms with Gasteiger partial charge in [0.1, 0.15) is 11.6 Å². The van der Waals surface area contributed by atoms with Crippen molar-refractivity contribution in [3.05, 3.63) is 23.6 Å². The molecule has 0 aliphatic rings. The quantitative estimate of drug-likeness (QED) is 0.717. The minimum Gasteiger partial charge on any atom is -0.380 e. The number of rotatable bonds is 8. The highest BCUT2D eigenvalue weighted by Crippen LogP contribution is 2.12. The molecule has 0 aromatic carbocycles. The number of nitrogens with zero attached hydrogens (tertiary/aromatic N) is 1. The predicted octanol–water partition coefficient (Wildman–Crippen LogP) is 2.05. The maximum absolute atomic E-state index is 13.1. The van der Waals surface area contributed by atoms with Gasteiger partial charge in [-0.25, -0.2) is 9.37 Å². The largest absolute Gasteiger partial charge is 0.380 e. The Kier molecular flexibility index (Phi) is 6.93. The second-order valence-electron chi connectivity index (χ2n) is 4.85. The molecule has 0 spiro atoms. The number of aromatic nitrogens is 1. The number of ether oxygens (including phenoxy) is 1. The zero-order chi connectivity index (χ0) is 15.0. The maximum atomic E-state index is 13.1. The molecule has 20 heavy (non-hydrogen) atoms. The fraction of sp³-hybridized carbons (Fsp3) is 0.571. The normalized spacial score (nSPS) is 10.7. The molecular formula is C14H22FN3O2. The lowest BCUT2D eigenvalue weighted by atomic mass is 10.1. The summed E-state index contributed by atoms with van der Waals surface area (Å²) in [6.45, 7) is 5.76. The van der Waals surface area contributed by atoms with Crippen molar-refractivity contribution in [3.63, 3.8) is 0 Å². The number of halogens is 1. The molecular weight excluding hydrogens is 261 g/mol. The van der Waals surface area contributed by atoms with E-state index >= 15 is 0 Å². The van der Waals surface area contributed by atoms with Crippen molar-refractivity contribution in [1.29, 1.82) is 0 Å². The number of hydrogen-bond acceptors (Lipinski definition) is 4. The SMILES string of the molecule is CNc1ncc(F)cc1C(=O)NCCOCCC(C)C. The molecule has 0 fully saturated rings. The molecule has 0 aliphatic carbocycles. The van der Waals surface area contributed by atoms with Crippen molar-refractivity contribution in [1.82, 2.24) is 10.3 Å². The lowest BCUT2D eigenvalue weighted by Crippen LogP contribution is -2.28. The molecule has 0 saturated heterocycles. The van der Waals surface area contributed by atoms with Crippen LogP contribution in [0.15, 0.2) is 12.3 Å². The topological polar surface area (TPSA) is 63.2 Å². The van der Waals surface area contributed by atoms with Crippen molar-refractivity contribution in [2.24, 2.45) is 5.92 Å². The van der Waals surface area contributed by atoms with Gasteiger partial charge in [-0.1, -0.05) is 13.8 Å². The van der Waals surface area contributed by atoms with E-state index < -0.39 is 5.82 Å². The summed E-state index contributed by atoms with van der Waals surface area (Å²) in [6, 6.07) is 1.16. The van der Waals surface area contributed by atoms with Gasteiger partial charge in [0, 0.05) is 20.2 Å². The van der Waals surface area contributed by atoms with Crippen molar-refractivity contribution in [2.75, 3.05) is 32.1 Å². The van der Waals surface area contributed by atoms with Gasteiger partial charge in [-0.3, -0.25) is 4.79 Å². The summed E-state index contributed by atoms with van der Waals surface area (Å²) in [6.07, 6.45) is 2.06. The van der Waals surface area contributed by atoms with Gasteiger partial charge in [0.2, 0.25) is 0 Å². The van der Waals surface area contributed by atoms with Gasteiger partial charge in [-0.15, -0.1) is 0 Å². The van der Waals surface area contributed by atoms with Crippen LogP contribution in [0.2, 0.25) is 0 Å². The molecule has 0 bridgehead atoms. The minimum absolute atomic E-state index is 0.190. The van der Waals surface area contributed by atoms with Crippen LogP contribution in [0.1, 0.15) is 30.6 Å². The zero-order valence-electron chi connectivity index (χ0n) is 12.2. The molecule has 0 aliphatic heterocycles. The molecule has 1 rings (SSSR count). The fourth-order valence-corrected chi connectivity index (χ4v) is 1.56. The van der Waals surface area contributed by atoms with E-state index in [0.29, 0.717) is 31.5 Å². The van der Waals surface area contributed by atoms with Crippen LogP contribution < -0.4 is 10.6 Å². The summed E-state index contributed by atoms with van der Waals surface area (Å²) in [7, 11) is 1.63. The molecule has 1 aromatic heterocycles. The summed E-state index contributed by atoms with van der Waals surface area (Å²) < 4.78 is 18.5. The summed E-state index contributed by atoms with van der Waals surface area (Å²) in [5.74, 6) is 0.0434. The number of nitrogens with one attached hydrogen (secondary N) is 2. The first-order chi connectivity index (χ1) is 9.54. The van der Waals surface area contributed by atoms with Crippen LogP contribution in [0.4, 0.5) is 10.2 Å². The van der Waals surface area contributed by atoms with Crippen molar-refractivity contribution >= 4 is 11.7 Å². The van der Waals surface area contributed by atoms with E-state index in [9.17, 15) is 9.18 Å². The zero-order valence-corrected chi connectivity index (χ0v) is 12.2. The van der Waals surface area contributed by atoms with Gasteiger partial charge in [-0.05, 0) is 18.4 Å². The monoisotopic (exact) mass is 283 g/mol. The Labute approximate surface area is 118 Å². The lowest BCUT2D eigenvalue weighted by Gasteiger charge is -2.10. The molecule has 0 unspecified atom stereocenters. The number of anilines is 1. The minimum atomic E-state index is -0.540. The number of carbonyl (C=O) groups excluding carboxylic acids is 1. The van der Waals surface area contributed by atoms with Crippen LogP contribution in [0, 0.1) is 11.7 Å². The van der Waals surface area contributed by atoms with Gasteiger partial charge >= 0.3 is 0 Å². The van der Waals surface area contributed by atoms with E-state index in [0.717, 1.165) is 18.7 Å². The van der Waals surface area contributed by atoms with Crippen LogP contribution in [-0.2, 0) is 4.74 Å². The Morgan fingerprint density at radius 3 is 2.85 bits per heavy atom. The van der Waals surface area contributed by atoms with E-state index in [1.807, 2.05) is 0 Å². The third-order valence-corrected chi connectivity index (χ3v) is 2.71. The van der Waals surface area contributed by atoms with Crippen LogP contribution in [0.3, 0.4) is 0 Å². The molecule has 1 aromatic rings. The number of pyridine rings is 1. The smallest absolute Gasteiger partial charge is 0.255 e.